The van der Waals surface area contributed by atoms with E-state index in [2.05, 4.69) is 20.9 Å². The molecule has 0 radical (unpaired) electrons. The van der Waals surface area contributed by atoms with Crippen LogP contribution in [-0.2, 0) is 30.4 Å². The van der Waals surface area contributed by atoms with Crippen molar-refractivity contribution in [3.63, 3.8) is 0 Å². The fourth-order valence-corrected chi connectivity index (χ4v) is 4.33. The number of fused-ring (bicyclic) bond motifs is 1. The second-order valence-corrected chi connectivity index (χ2v) is 10.1. The van der Waals surface area contributed by atoms with E-state index < -0.39 is 66.4 Å². The van der Waals surface area contributed by atoms with Gasteiger partial charge in [-0.2, -0.15) is 11.8 Å². The van der Waals surface area contributed by atoms with E-state index >= 15 is 0 Å². The van der Waals surface area contributed by atoms with E-state index in [1.807, 2.05) is 24.3 Å². The number of carbonyl (C=O) groups excluding carboxylic acids is 3. The maximum absolute atomic E-state index is 13.0. The predicted octanol–water partition coefficient (Wildman–Crippen LogP) is -0.425. The highest BCUT2D eigenvalue weighted by Gasteiger charge is 2.32. The fraction of sp³-hybridized carbons (Fsp3) is 0.480. The van der Waals surface area contributed by atoms with Crippen LogP contribution in [0.25, 0.3) is 10.9 Å². The molecule has 1 heterocycles. The topological polar surface area (TPSA) is 224 Å². The van der Waals surface area contributed by atoms with Crippen LogP contribution in [0.1, 0.15) is 31.7 Å². The third kappa shape index (κ3) is 9.57. The molecular formula is C25H35N5O8S. The summed E-state index contributed by atoms with van der Waals surface area (Å²) >= 11 is 1.38. The summed E-state index contributed by atoms with van der Waals surface area (Å²) in [6.07, 6.45) is 1.62. The molecule has 0 saturated heterocycles. The third-order valence-electron chi connectivity index (χ3n) is 6.02. The molecule has 0 fully saturated rings. The van der Waals surface area contributed by atoms with Crippen LogP contribution in [-0.4, -0.2) is 92.2 Å². The average Bonchev–Trinajstić information content (AvgIpc) is 3.29. The number of benzene rings is 1. The van der Waals surface area contributed by atoms with Gasteiger partial charge in [0, 0.05) is 23.5 Å². The molecule has 14 heteroatoms. The van der Waals surface area contributed by atoms with Gasteiger partial charge in [0.25, 0.3) is 0 Å². The smallest absolute Gasteiger partial charge is 0.326 e. The van der Waals surface area contributed by atoms with Crippen molar-refractivity contribution in [1.82, 2.24) is 20.9 Å². The van der Waals surface area contributed by atoms with Crippen molar-refractivity contribution in [3.05, 3.63) is 36.0 Å². The highest BCUT2D eigenvalue weighted by atomic mass is 32.2. The Labute approximate surface area is 229 Å². The zero-order valence-corrected chi connectivity index (χ0v) is 22.5. The van der Waals surface area contributed by atoms with Gasteiger partial charge in [-0.3, -0.25) is 19.2 Å². The van der Waals surface area contributed by atoms with E-state index in [9.17, 15) is 34.2 Å². The second kappa shape index (κ2) is 15.1. The largest absolute Gasteiger partial charge is 0.481 e. The van der Waals surface area contributed by atoms with Crippen LogP contribution in [0.3, 0.4) is 0 Å². The zero-order valence-electron chi connectivity index (χ0n) is 21.7. The number of aliphatic hydroxyl groups is 1. The molecular weight excluding hydrogens is 530 g/mol. The number of carbonyl (C=O) groups is 5. The number of amides is 3. The van der Waals surface area contributed by atoms with E-state index in [-0.39, 0.29) is 19.3 Å². The molecule has 5 unspecified atom stereocenters. The SMILES string of the molecule is CSCCC(NC(=O)C(NC(=O)C(N)Cc1c[nH]c2ccccc12)C(C)O)C(=O)NC(CCC(=O)O)C(=O)O. The molecule has 0 spiro atoms. The predicted molar refractivity (Wildman–Crippen MR) is 145 cm³/mol. The molecule has 0 aliphatic heterocycles. The Morgan fingerprint density at radius 3 is 2.26 bits per heavy atom. The van der Waals surface area contributed by atoms with Crippen molar-refractivity contribution in [2.75, 3.05) is 12.0 Å². The lowest BCUT2D eigenvalue weighted by Gasteiger charge is -2.26. The van der Waals surface area contributed by atoms with Gasteiger partial charge in [-0.25, -0.2) is 4.79 Å². The Morgan fingerprint density at radius 2 is 1.64 bits per heavy atom. The van der Waals surface area contributed by atoms with Gasteiger partial charge in [0.05, 0.1) is 12.1 Å². The maximum atomic E-state index is 13.0. The number of carboxylic acids is 2. The number of hydrogen-bond acceptors (Lipinski definition) is 8. The summed E-state index contributed by atoms with van der Waals surface area (Å²) in [6, 6.07) is 2.32. The first-order valence-corrected chi connectivity index (χ1v) is 13.7. The second-order valence-electron chi connectivity index (χ2n) is 9.07. The van der Waals surface area contributed by atoms with E-state index in [0.29, 0.717) is 5.75 Å². The van der Waals surface area contributed by atoms with Gasteiger partial charge in [-0.1, -0.05) is 18.2 Å². The van der Waals surface area contributed by atoms with Gasteiger partial charge in [0.2, 0.25) is 17.7 Å². The molecule has 1 aromatic carbocycles. The lowest BCUT2D eigenvalue weighted by molar-refractivity contribution is -0.143. The number of rotatable bonds is 16. The zero-order chi connectivity index (χ0) is 29.1. The molecule has 0 aliphatic rings. The van der Waals surface area contributed by atoms with Crippen LogP contribution in [0.2, 0.25) is 0 Å². The number of thioether (sulfide) groups is 1. The highest BCUT2D eigenvalue weighted by molar-refractivity contribution is 7.98. The number of aromatic nitrogens is 1. The molecule has 3 amide bonds. The van der Waals surface area contributed by atoms with Crippen LogP contribution in [0.15, 0.2) is 30.5 Å². The number of para-hydroxylation sites is 1. The lowest BCUT2D eigenvalue weighted by Crippen LogP contribution is -2.60. The summed E-state index contributed by atoms with van der Waals surface area (Å²) in [5.41, 5.74) is 7.77. The van der Waals surface area contributed by atoms with Crippen molar-refractivity contribution in [1.29, 1.82) is 0 Å². The maximum Gasteiger partial charge on any atom is 0.326 e. The monoisotopic (exact) mass is 565 g/mol. The van der Waals surface area contributed by atoms with Gasteiger partial charge in [0.15, 0.2) is 0 Å². The van der Waals surface area contributed by atoms with Crippen LogP contribution in [0.5, 0.6) is 0 Å². The molecule has 2 rings (SSSR count). The lowest BCUT2D eigenvalue weighted by atomic mass is 10.0. The normalized spacial score (nSPS) is 15.0. The van der Waals surface area contributed by atoms with E-state index in [1.165, 1.54) is 18.7 Å². The van der Waals surface area contributed by atoms with Gasteiger partial charge >= 0.3 is 11.9 Å². The van der Waals surface area contributed by atoms with Crippen LogP contribution < -0.4 is 21.7 Å². The van der Waals surface area contributed by atoms with Crippen LogP contribution in [0.4, 0.5) is 0 Å². The van der Waals surface area contributed by atoms with Gasteiger partial charge in [-0.15, -0.1) is 0 Å². The van der Waals surface area contributed by atoms with Crippen molar-refractivity contribution in [3.8, 4) is 0 Å². The van der Waals surface area contributed by atoms with Crippen LogP contribution in [0, 0.1) is 0 Å². The Morgan fingerprint density at radius 1 is 0.974 bits per heavy atom. The van der Waals surface area contributed by atoms with Crippen molar-refractivity contribution < 1.29 is 39.3 Å². The number of aliphatic carboxylic acids is 2. The molecule has 0 bridgehead atoms. The standard InChI is InChI=1S/C25H35N5O8S/c1-13(31)21(30-22(34)16(26)11-14-12-27-17-6-4-3-5-15(14)17)24(36)28-18(9-10-39-2)23(35)29-19(25(37)38)7-8-20(32)33/h3-6,12-13,16,18-19,21,27,31H,7-11,26H2,1-2H3,(H,28,36)(H,29,35)(H,30,34)(H,32,33)(H,37,38). The fourth-order valence-electron chi connectivity index (χ4n) is 3.86. The number of aromatic amines is 1. The third-order valence-corrected chi connectivity index (χ3v) is 6.66. The minimum atomic E-state index is -1.47. The molecule has 0 saturated carbocycles. The van der Waals surface area contributed by atoms with Crippen molar-refractivity contribution >= 4 is 52.3 Å². The summed E-state index contributed by atoms with van der Waals surface area (Å²) in [6.45, 7) is 1.29. The van der Waals surface area contributed by atoms with Crippen molar-refractivity contribution in [2.45, 2.75) is 62.9 Å². The Kier molecular flexibility index (Phi) is 12.2. The minimum Gasteiger partial charge on any atom is -0.481 e. The molecule has 39 heavy (non-hydrogen) atoms. The summed E-state index contributed by atoms with van der Waals surface area (Å²) in [7, 11) is 0. The molecule has 5 atom stereocenters. The number of nitrogens with one attached hydrogen (secondary N) is 4. The highest BCUT2D eigenvalue weighted by Crippen LogP contribution is 2.19. The number of H-pyrrole nitrogens is 1. The molecule has 1 aromatic heterocycles. The Balaban J connectivity index is 2.08. The molecule has 0 aliphatic carbocycles. The first-order chi connectivity index (χ1) is 18.4. The first kappa shape index (κ1) is 31.6. The molecule has 2 aromatic rings. The first-order valence-electron chi connectivity index (χ1n) is 12.3. The molecule has 13 nitrogen and oxygen atoms in total. The van der Waals surface area contributed by atoms with Gasteiger partial charge in [0.1, 0.15) is 18.1 Å². The van der Waals surface area contributed by atoms with E-state index in [4.69, 9.17) is 10.8 Å². The summed E-state index contributed by atoms with van der Waals surface area (Å²) in [5, 5.41) is 36.4. The number of hydrogen-bond donors (Lipinski definition) is 8. The minimum absolute atomic E-state index is 0.116. The van der Waals surface area contributed by atoms with E-state index in [1.54, 1.807) is 12.5 Å². The Hall–Kier alpha value is -3.62. The number of carboxylic acid groups (broad SMARTS) is 2. The average molecular weight is 566 g/mol. The van der Waals surface area contributed by atoms with Gasteiger partial charge < -0.3 is 42.0 Å². The summed E-state index contributed by atoms with van der Waals surface area (Å²) in [5.74, 6) is -4.60. The quantitative estimate of drug-likeness (QED) is 0.131. The van der Waals surface area contributed by atoms with Crippen LogP contribution >= 0.6 is 11.8 Å². The summed E-state index contributed by atoms with van der Waals surface area (Å²) in [4.78, 5) is 64.1. The number of aliphatic hydroxyl groups excluding tert-OH is 1. The number of nitrogens with two attached hydrogens (primary N) is 1. The molecule has 214 valence electrons. The van der Waals surface area contributed by atoms with Gasteiger partial charge in [-0.05, 0) is 49.8 Å². The van der Waals surface area contributed by atoms with E-state index in [0.717, 1.165) is 16.5 Å². The Bertz CT molecular complexity index is 1170. The summed E-state index contributed by atoms with van der Waals surface area (Å²) < 4.78 is 0. The van der Waals surface area contributed by atoms with Crippen molar-refractivity contribution in [2.24, 2.45) is 5.73 Å². The molecule has 9 N–H and O–H groups in total.